The van der Waals surface area contributed by atoms with Gasteiger partial charge in [-0.1, -0.05) is 34.1 Å². The predicted molar refractivity (Wildman–Crippen MR) is 66.6 cm³/mol. The summed E-state index contributed by atoms with van der Waals surface area (Å²) >= 11 is 3.37. The lowest BCUT2D eigenvalue weighted by Gasteiger charge is -2.10. The third-order valence-electron chi connectivity index (χ3n) is 2.82. The molecule has 0 spiro atoms. The van der Waals surface area contributed by atoms with Gasteiger partial charge in [-0.15, -0.1) is 0 Å². The fourth-order valence-corrected chi connectivity index (χ4v) is 2.54. The number of aryl methyl sites for hydroxylation is 2. The van der Waals surface area contributed by atoms with Crippen molar-refractivity contribution in [2.24, 2.45) is 7.05 Å². The fourth-order valence-electron chi connectivity index (χ4n) is 1.88. The number of alkyl halides is 1. The minimum Gasteiger partial charge on any atom is -0.311 e. The highest BCUT2D eigenvalue weighted by molar-refractivity contribution is 9.08. The summed E-state index contributed by atoms with van der Waals surface area (Å²) in [5, 5.41) is 1.75. The maximum Gasteiger partial charge on any atom is 0.255 e. The number of para-hydroxylation sites is 1. The first-order valence-corrected chi connectivity index (χ1v) is 5.92. The summed E-state index contributed by atoms with van der Waals surface area (Å²) in [6.07, 6.45) is 0. The number of halogens is 1. The molecule has 15 heavy (non-hydrogen) atoms. The van der Waals surface area contributed by atoms with Crippen LogP contribution in [0.2, 0.25) is 0 Å². The zero-order valence-electron chi connectivity index (χ0n) is 8.75. The monoisotopic (exact) mass is 265 g/mol. The molecule has 0 amide bonds. The van der Waals surface area contributed by atoms with E-state index in [1.807, 2.05) is 32.2 Å². The Bertz CT molecular complexity index is 572. The molecule has 1 aromatic heterocycles. The summed E-state index contributed by atoms with van der Waals surface area (Å²) in [5.74, 6) is 0. The molecular weight excluding hydrogens is 254 g/mol. The number of nitrogens with zero attached hydrogens (tertiary/aromatic N) is 1. The molecule has 2 aromatic rings. The van der Waals surface area contributed by atoms with E-state index >= 15 is 0 Å². The predicted octanol–water partition coefficient (Wildman–Crippen LogP) is 2.74. The molecule has 78 valence electrons. The molecule has 0 bridgehead atoms. The van der Waals surface area contributed by atoms with Crippen LogP contribution in [0, 0.1) is 6.92 Å². The van der Waals surface area contributed by atoms with Gasteiger partial charge >= 0.3 is 0 Å². The second-order valence-corrected chi connectivity index (χ2v) is 4.18. The molecule has 0 radical (unpaired) electrons. The lowest BCUT2D eigenvalue weighted by Crippen LogP contribution is -2.22. The molecule has 0 aliphatic carbocycles. The average molecular weight is 266 g/mol. The summed E-state index contributed by atoms with van der Waals surface area (Å²) < 4.78 is 1.71. The van der Waals surface area contributed by atoms with E-state index in [2.05, 4.69) is 22.0 Å². The molecule has 0 fully saturated rings. The number of benzene rings is 1. The zero-order valence-corrected chi connectivity index (χ0v) is 10.3. The Morgan fingerprint density at radius 3 is 2.67 bits per heavy atom. The van der Waals surface area contributed by atoms with Crippen molar-refractivity contribution in [2.45, 2.75) is 12.3 Å². The van der Waals surface area contributed by atoms with Gasteiger partial charge in [0, 0.05) is 23.3 Å². The van der Waals surface area contributed by atoms with Gasteiger partial charge < -0.3 is 4.57 Å². The Hall–Kier alpha value is -1.09. The van der Waals surface area contributed by atoms with Crippen molar-refractivity contribution in [3.05, 3.63) is 45.7 Å². The van der Waals surface area contributed by atoms with Crippen molar-refractivity contribution in [3.8, 4) is 0 Å². The summed E-state index contributed by atoms with van der Waals surface area (Å²) in [4.78, 5) is 12.0. The highest BCUT2D eigenvalue weighted by Gasteiger charge is 2.09. The van der Waals surface area contributed by atoms with E-state index in [0.717, 1.165) is 22.0 Å². The Balaban J connectivity index is 3.03. The van der Waals surface area contributed by atoms with Gasteiger partial charge in [0.1, 0.15) is 0 Å². The minimum atomic E-state index is 0.0862. The molecule has 2 nitrogen and oxygen atoms in total. The Labute approximate surface area is 96.7 Å². The number of fused-ring (bicyclic) bond motifs is 1. The molecule has 0 saturated carbocycles. The molecular formula is C12H12BrNO. The van der Waals surface area contributed by atoms with Crippen LogP contribution in [0.4, 0.5) is 0 Å². The highest BCUT2D eigenvalue weighted by atomic mass is 79.9. The van der Waals surface area contributed by atoms with Gasteiger partial charge in [0.15, 0.2) is 0 Å². The van der Waals surface area contributed by atoms with Crippen LogP contribution < -0.4 is 5.56 Å². The number of hydrogen-bond donors (Lipinski definition) is 0. The number of rotatable bonds is 1. The van der Waals surface area contributed by atoms with Gasteiger partial charge in [0.05, 0.1) is 5.52 Å². The molecule has 0 N–H and O–H groups in total. The summed E-state index contributed by atoms with van der Waals surface area (Å²) in [5.41, 5.74) is 2.99. The van der Waals surface area contributed by atoms with Crippen LogP contribution in [0.25, 0.3) is 10.9 Å². The molecule has 0 aliphatic heterocycles. The van der Waals surface area contributed by atoms with Crippen molar-refractivity contribution in [3.63, 3.8) is 0 Å². The zero-order chi connectivity index (χ0) is 11.0. The van der Waals surface area contributed by atoms with Gasteiger partial charge in [-0.2, -0.15) is 0 Å². The van der Waals surface area contributed by atoms with E-state index in [-0.39, 0.29) is 5.56 Å². The van der Waals surface area contributed by atoms with Gasteiger partial charge in [0.25, 0.3) is 5.56 Å². The minimum absolute atomic E-state index is 0.0862. The summed E-state index contributed by atoms with van der Waals surface area (Å²) in [6, 6.07) is 7.98. The molecule has 0 unspecified atom stereocenters. The molecule has 0 saturated heterocycles. The highest BCUT2D eigenvalue weighted by Crippen LogP contribution is 2.19. The van der Waals surface area contributed by atoms with Crippen LogP contribution in [-0.2, 0) is 12.4 Å². The van der Waals surface area contributed by atoms with Crippen LogP contribution in [0.1, 0.15) is 11.1 Å². The maximum atomic E-state index is 12.0. The lowest BCUT2D eigenvalue weighted by atomic mass is 10.1. The van der Waals surface area contributed by atoms with E-state index < -0.39 is 0 Å². The average Bonchev–Trinajstić information content (AvgIpc) is 2.27. The molecule has 1 heterocycles. The topological polar surface area (TPSA) is 22.0 Å². The van der Waals surface area contributed by atoms with Crippen molar-refractivity contribution >= 4 is 26.8 Å². The smallest absolute Gasteiger partial charge is 0.255 e. The van der Waals surface area contributed by atoms with E-state index in [0.29, 0.717) is 5.33 Å². The van der Waals surface area contributed by atoms with E-state index in [4.69, 9.17) is 0 Å². The quantitative estimate of drug-likeness (QED) is 0.727. The second kappa shape index (κ2) is 3.81. The van der Waals surface area contributed by atoms with Crippen LogP contribution >= 0.6 is 15.9 Å². The molecule has 0 aliphatic rings. The van der Waals surface area contributed by atoms with Crippen molar-refractivity contribution in [1.82, 2.24) is 4.57 Å². The molecule has 0 atom stereocenters. The summed E-state index contributed by atoms with van der Waals surface area (Å²) in [7, 11) is 1.82. The van der Waals surface area contributed by atoms with Gasteiger partial charge in [0.2, 0.25) is 0 Å². The van der Waals surface area contributed by atoms with Crippen LogP contribution in [0.5, 0.6) is 0 Å². The van der Waals surface area contributed by atoms with E-state index in [1.165, 1.54) is 0 Å². The molecule has 3 heteroatoms. The Kier molecular flexibility index (Phi) is 2.65. The fraction of sp³-hybridized carbons (Fsp3) is 0.250. The first-order valence-electron chi connectivity index (χ1n) is 4.80. The van der Waals surface area contributed by atoms with Crippen LogP contribution in [0.3, 0.4) is 0 Å². The van der Waals surface area contributed by atoms with Gasteiger partial charge in [-0.25, -0.2) is 0 Å². The Morgan fingerprint density at radius 1 is 1.33 bits per heavy atom. The number of hydrogen-bond acceptors (Lipinski definition) is 1. The number of pyridine rings is 1. The molecule has 2 rings (SSSR count). The SMILES string of the molecule is Cc1c(CBr)c(=O)n(C)c2ccccc12. The Morgan fingerprint density at radius 2 is 2.00 bits per heavy atom. The number of aromatic nitrogens is 1. The first-order chi connectivity index (χ1) is 7.16. The third kappa shape index (κ3) is 1.51. The van der Waals surface area contributed by atoms with Crippen molar-refractivity contribution in [2.75, 3.05) is 0 Å². The second-order valence-electron chi connectivity index (χ2n) is 3.62. The van der Waals surface area contributed by atoms with E-state index in [9.17, 15) is 4.79 Å². The standard InChI is InChI=1S/C12H12BrNO/c1-8-9-5-3-4-6-11(9)14(2)12(15)10(8)7-13/h3-6H,7H2,1-2H3. The third-order valence-corrected chi connectivity index (χ3v) is 3.38. The lowest BCUT2D eigenvalue weighted by molar-refractivity contribution is 0.887. The van der Waals surface area contributed by atoms with Crippen LogP contribution in [0.15, 0.2) is 29.1 Å². The maximum absolute atomic E-state index is 12.0. The largest absolute Gasteiger partial charge is 0.311 e. The van der Waals surface area contributed by atoms with Crippen LogP contribution in [-0.4, -0.2) is 4.57 Å². The normalized spacial score (nSPS) is 10.9. The van der Waals surface area contributed by atoms with E-state index in [1.54, 1.807) is 4.57 Å². The van der Waals surface area contributed by atoms with Crippen molar-refractivity contribution in [1.29, 1.82) is 0 Å². The molecule has 1 aromatic carbocycles. The summed E-state index contributed by atoms with van der Waals surface area (Å²) in [6.45, 7) is 2.00. The first kappa shape index (κ1) is 10.4. The van der Waals surface area contributed by atoms with Gasteiger partial charge in [-0.05, 0) is 18.6 Å². The van der Waals surface area contributed by atoms with Gasteiger partial charge in [-0.3, -0.25) is 4.79 Å². The van der Waals surface area contributed by atoms with Crippen molar-refractivity contribution < 1.29 is 0 Å².